The molecular formula is C11H17F3N2O. The summed E-state index contributed by atoms with van der Waals surface area (Å²) in [7, 11) is 0. The zero-order valence-corrected chi connectivity index (χ0v) is 9.65. The lowest BCUT2D eigenvalue weighted by Gasteiger charge is -2.44. The number of hydrogen-bond donors (Lipinski definition) is 1. The molecule has 98 valence electrons. The Morgan fingerprint density at radius 2 is 1.82 bits per heavy atom. The Hall–Kier alpha value is -0.780. The summed E-state index contributed by atoms with van der Waals surface area (Å²) in [6, 6.07) is 0. The molecule has 2 aliphatic rings. The summed E-state index contributed by atoms with van der Waals surface area (Å²) < 4.78 is 36.8. The summed E-state index contributed by atoms with van der Waals surface area (Å²) in [6.45, 7) is 2.34. The molecule has 2 heterocycles. The van der Waals surface area contributed by atoms with Gasteiger partial charge >= 0.3 is 12.1 Å². The molecule has 0 aromatic rings. The summed E-state index contributed by atoms with van der Waals surface area (Å²) in [5, 5.41) is 3.29. The van der Waals surface area contributed by atoms with Crippen molar-refractivity contribution in [3.63, 3.8) is 0 Å². The number of hydrogen-bond acceptors (Lipinski definition) is 2. The first-order chi connectivity index (χ1) is 7.93. The van der Waals surface area contributed by atoms with E-state index in [2.05, 4.69) is 5.32 Å². The smallest absolute Gasteiger partial charge is 0.335 e. The Kier molecular flexibility index (Phi) is 3.34. The van der Waals surface area contributed by atoms with Crippen molar-refractivity contribution in [2.24, 2.45) is 5.41 Å². The van der Waals surface area contributed by atoms with Crippen molar-refractivity contribution >= 4 is 5.91 Å². The molecule has 2 aliphatic heterocycles. The lowest BCUT2D eigenvalue weighted by Crippen LogP contribution is -2.51. The molecule has 0 radical (unpaired) electrons. The number of carbonyl (C=O) groups excluding carboxylic acids is 1. The van der Waals surface area contributed by atoms with E-state index < -0.39 is 12.1 Å². The minimum Gasteiger partial charge on any atom is -0.335 e. The van der Waals surface area contributed by atoms with Gasteiger partial charge < -0.3 is 10.2 Å². The molecule has 0 saturated carbocycles. The average molecular weight is 250 g/mol. The third-order valence-electron chi connectivity index (χ3n) is 3.91. The minimum absolute atomic E-state index is 0.126. The number of alkyl halides is 3. The summed E-state index contributed by atoms with van der Waals surface area (Å²) in [6.07, 6.45) is -1.22. The number of carbonyl (C=O) groups is 1. The van der Waals surface area contributed by atoms with Gasteiger partial charge in [-0.15, -0.1) is 0 Å². The fraction of sp³-hybridized carbons (Fsp3) is 0.909. The van der Waals surface area contributed by atoms with E-state index >= 15 is 0 Å². The van der Waals surface area contributed by atoms with Gasteiger partial charge in [0.2, 0.25) is 0 Å². The van der Waals surface area contributed by atoms with Crippen molar-refractivity contribution in [3.8, 4) is 0 Å². The second-order valence-electron chi connectivity index (χ2n) is 5.07. The standard InChI is InChI=1S/C11H17F3N2O/c12-11(13,14)9(17)16-6-3-10(4-7-16)2-1-5-15-8-10/h15H,1-8H2. The van der Waals surface area contributed by atoms with E-state index in [1.807, 2.05) is 0 Å². The van der Waals surface area contributed by atoms with Crippen LogP contribution in [0, 0.1) is 5.41 Å². The van der Waals surface area contributed by atoms with Crippen LogP contribution in [-0.4, -0.2) is 43.2 Å². The first kappa shape index (κ1) is 12.7. The number of nitrogens with one attached hydrogen (secondary N) is 1. The van der Waals surface area contributed by atoms with Crippen molar-refractivity contribution in [1.29, 1.82) is 0 Å². The van der Waals surface area contributed by atoms with Gasteiger partial charge in [0.25, 0.3) is 0 Å². The molecule has 1 spiro atoms. The SMILES string of the molecule is O=C(N1CCC2(CCCNC2)CC1)C(F)(F)F. The highest BCUT2D eigenvalue weighted by atomic mass is 19.4. The molecule has 17 heavy (non-hydrogen) atoms. The molecule has 2 rings (SSSR count). The Morgan fingerprint density at radius 1 is 1.18 bits per heavy atom. The monoisotopic (exact) mass is 250 g/mol. The highest BCUT2D eigenvalue weighted by molar-refractivity contribution is 5.81. The molecular weight excluding hydrogens is 233 g/mol. The number of nitrogens with zero attached hydrogens (tertiary/aromatic N) is 1. The maximum absolute atomic E-state index is 12.3. The molecule has 3 nitrogen and oxygen atoms in total. The van der Waals surface area contributed by atoms with Gasteiger partial charge in [0.15, 0.2) is 0 Å². The number of halogens is 3. The zero-order chi connectivity index (χ0) is 12.5. The van der Waals surface area contributed by atoms with Gasteiger partial charge in [-0.25, -0.2) is 0 Å². The summed E-state index contributed by atoms with van der Waals surface area (Å²) in [5.74, 6) is -1.68. The van der Waals surface area contributed by atoms with Gasteiger partial charge in [-0.05, 0) is 37.6 Å². The van der Waals surface area contributed by atoms with E-state index in [-0.39, 0.29) is 18.5 Å². The predicted molar refractivity (Wildman–Crippen MR) is 56.4 cm³/mol. The number of piperidine rings is 2. The molecule has 1 N–H and O–H groups in total. The summed E-state index contributed by atoms with van der Waals surface area (Å²) in [5.41, 5.74) is 0.126. The fourth-order valence-electron chi connectivity index (χ4n) is 2.82. The molecule has 0 bridgehead atoms. The Balaban J connectivity index is 1.91. The van der Waals surface area contributed by atoms with E-state index in [9.17, 15) is 18.0 Å². The topological polar surface area (TPSA) is 32.3 Å². The van der Waals surface area contributed by atoms with E-state index in [4.69, 9.17) is 0 Å². The van der Waals surface area contributed by atoms with Crippen LogP contribution in [0.15, 0.2) is 0 Å². The van der Waals surface area contributed by atoms with E-state index in [0.717, 1.165) is 30.8 Å². The maximum atomic E-state index is 12.3. The van der Waals surface area contributed by atoms with Gasteiger partial charge in [-0.1, -0.05) is 0 Å². The van der Waals surface area contributed by atoms with Crippen LogP contribution in [0.4, 0.5) is 13.2 Å². The van der Waals surface area contributed by atoms with Crippen LogP contribution in [0.3, 0.4) is 0 Å². The normalized spacial score (nSPS) is 25.0. The van der Waals surface area contributed by atoms with Crippen molar-refractivity contribution < 1.29 is 18.0 Å². The van der Waals surface area contributed by atoms with Gasteiger partial charge in [-0.2, -0.15) is 13.2 Å². The quantitative estimate of drug-likeness (QED) is 0.707. The second kappa shape index (κ2) is 4.48. The van der Waals surface area contributed by atoms with Crippen LogP contribution in [-0.2, 0) is 4.79 Å². The summed E-state index contributed by atoms with van der Waals surface area (Å²) in [4.78, 5) is 12.0. The van der Waals surface area contributed by atoms with Crippen molar-refractivity contribution in [1.82, 2.24) is 10.2 Å². The highest BCUT2D eigenvalue weighted by Crippen LogP contribution is 2.38. The van der Waals surface area contributed by atoms with Crippen LogP contribution in [0.5, 0.6) is 0 Å². The van der Waals surface area contributed by atoms with E-state index in [1.165, 1.54) is 0 Å². The number of amides is 1. The molecule has 1 amide bonds. The lowest BCUT2D eigenvalue weighted by atomic mass is 9.73. The molecule has 0 aromatic heterocycles. The largest absolute Gasteiger partial charge is 0.471 e. The first-order valence-corrected chi connectivity index (χ1v) is 6.00. The first-order valence-electron chi connectivity index (χ1n) is 6.00. The molecule has 0 unspecified atom stereocenters. The Morgan fingerprint density at radius 3 is 2.29 bits per heavy atom. The van der Waals surface area contributed by atoms with Crippen molar-refractivity contribution in [2.45, 2.75) is 31.9 Å². The molecule has 0 aliphatic carbocycles. The third-order valence-corrected chi connectivity index (χ3v) is 3.91. The number of rotatable bonds is 0. The third kappa shape index (κ3) is 2.73. The second-order valence-corrected chi connectivity index (χ2v) is 5.07. The summed E-state index contributed by atoms with van der Waals surface area (Å²) >= 11 is 0. The van der Waals surface area contributed by atoms with Crippen LogP contribution in [0.25, 0.3) is 0 Å². The number of likely N-dealkylation sites (tertiary alicyclic amines) is 1. The average Bonchev–Trinajstić information content (AvgIpc) is 2.29. The van der Waals surface area contributed by atoms with Gasteiger partial charge in [0.05, 0.1) is 0 Å². The van der Waals surface area contributed by atoms with E-state index in [0.29, 0.717) is 12.8 Å². The molecule has 2 saturated heterocycles. The van der Waals surface area contributed by atoms with E-state index in [1.54, 1.807) is 0 Å². The minimum atomic E-state index is -4.73. The van der Waals surface area contributed by atoms with Crippen LogP contribution >= 0.6 is 0 Å². The Labute approximate surface area is 98.3 Å². The van der Waals surface area contributed by atoms with Crippen LogP contribution < -0.4 is 5.32 Å². The molecule has 0 atom stereocenters. The van der Waals surface area contributed by atoms with Gasteiger partial charge in [0.1, 0.15) is 0 Å². The van der Waals surface area contributed by atoms with Crippen molar-refractivity contribution in [3.05, 3.63) is 0 Å². The highest BCUT2D eigenvalue weighted by Gasteiger charge is 2.45. The van der Waals surface area contributed by atoms with Crippen LogP contribution in [0.1, 0.15) is 25.7 Å². The zero-order valence-electron chi connectivity index (χ0n) is 9.65. The van der Waals surface area contributed by atoms with Gasteiger partial charge in [-0.3, -0.25) is 4.79 Å². The predicted octanol–water partition coefficient (Wildman–Crippen LogP) is 1.54. The molecule has 0 aromatic carbocycles. The molecule has 6 heteroatoms. The lowest BCUT2D eigenvalue weighted by molar-refractivity contribution is -0.187. The maximum Gasteiger partial charge on any atom is 0.471 e. The van der Waals surface area contributed by atoms with Gasteiger partial charge in [0, 0.05) is 19.6 Å². The Bertz CT molecular complexity index is 288. The van der Waals surface area contributed by atoms with Crippen molar-refractivity contribution in [2.75, 3.05) is 26.2 Å². The molecule has 2 fully saturated rings. The van der Waals surface area contributed by atoms with Crippen LogP contribution in [0.2, 0.25) is 0 Å². The fourth-order valence-corrected chi connectivity index (χ4v) is 2.82.